The average Bonchev–Trinajstić information content (AvgIpc) is 3.26. The number of carbonyl (C=O) groups is 2. The van der Waals surface area contributed by atoms with Crippen LogP contribution >= 0.6 is 0 Å². The van der Waals surface area contributed by atoms with Crippen LogP contribution in [-0.4, -0.2) is 37.4 Å². The van der Waals surface area contributed by atoms with E-state index in [9.17, 15) is 9.59 Å². The van der Waals surface area contributed by atoms with Crippen LogP contribution in [0.15, 0.2) is 60.7 Å². The molecule has 1 heterocycles. The quantitative estimate of drug-likeness (QED) is 0.681. The molecule has 6 atom stereocenters. The molecule has 5 nitrogen and oxygen atoms in total. The lowest BCUT2D eigenvalue weighted by Gasteiger charge is -2.45. The Morgan fingerprint density at radius 3 is 1.45 bits per heavy atom. The van der Waals surface area contributed by atoms with Crippen molar-refractivity contribution < 1.29 is 23.8 Å². The molecule has 0 radical (unpaired) electrons. The van der Waals surface area contributed by atoms with Crippen LogP contribution in [0, 0.1) is 23.7 Å². The SMILES string of the molecule is O=C(OC1CC2CC3COCC3CC2CC1OC(=O)c1ccccc1)c1ccccc1. The van der Waals surface area contributed by atoms with Gasteiger partial charge in [-0.1, -0.05) is 36.4 Å². The summed E-state index contributed by atoms with van der Waals surface area (Å²) in [6.45, 7) is 1.68. The first-order valence-electron chi connectivity index (χ1n) is 11.3. The van der Waals surface area contributed by atoms with Crippen LogP contribution in [0.25, 0.3) is 0 Å². The van der Waals surface area contributed by atoms with Gasteiger partial charge in [0, 0.05) is 13.2 Å². The van der Waals surface area contributed by atoms with Gasteiger partial charge in [-0.25, -0.2) is 9.59 Å². The Labute approximate surface area is 182 Å². The molecule has 1 aliphatic heterocycles. The van der Waals surface area contributed by atoms with Crippen molar-refractivity contribution in [2.24, 2.45) is 23.7 Å². The van der Waals surface area contributed by atoms with E-state index in [0.717, 1.165) is 38.9 Å². The molecule has 2 aliphatic carbocycles. The molecule has 1 saturated heterocycles. The van der Waals surface area contributed by atoms with Gasteiger partial charge in [0.05, 0.1) is 11.1 Å². The van der Waals surface area contributed by atoms with Crippen molar-refractivity contribution in [2.75, 3.05) is 13.2 Å². The predicted molar refractivity (Wildman–Crippen MR) is 115 cm³/mol. The molecule has 0 bridgehead atoms. The van der Waals surface area contributed by atoms with Crippen LogP contribution in [0.3, 0.4) is 0 Å². The number of benzene rings is 2. The Kier molecular flexibility index (Phi) is 5.77. The Morgan fingerprint density at radius 2 is 1.03 bits per heavy atom. The maximum atomic E-state index is 12.8. The average molecular weight is 421 g/mol. The van der Waals surface area contributed by atoms with Crippen molar-refractivity contribution >= 4 is 11.9 Å². The number of carbonyl (C=O) groups excluding carboxylic acids is 2. The topological polar surface area (TPSA) is 61.8 Å². The van der Waals surface area contributed by atoms with Crippen molar-refractivity contribution in [1.82, 2.24) is 0 Å². The van der Waals surface area contributed by atoms with Crippen LogP contribution in [-0.2, 0) is 14.2 Å². The Bertz CT molecular complexity index is 836. The molecule has 2 aromatic carbocycles. The molecule has 2 saturated carbocycles. The Balaban J connectivity index is 1.34. The first kappa shape index (κ1) is 20.3. The van der Waals surface area contributed by atoms with Gasteiger partial charge in [-0.3, -0.25) is 0 Å². The highest BCUT2D eigenvalue weighted by molar-refractivity contribution is 5.90. The van der Waals surface area contributed by atoms with Crippen LogP contribution in [0.2, 0.25) is 0 Å². The minimum Gasteiger partial charge on any atom is -0.455 e. The molecule has 3 fully saturated rings. The molecule has 162 valence electrons. The molecule has 5 rings (SSSR count). The van der Waals surface area contributed by atoms with Crippen LogP contribution in [0.4, 0.5) is 0 Å². The van der Waals surface area contributed by atoms with Gasteiger partial charge in [-0.05, 0) is 73.6 Å². The van der Waals surface area contributed by atoms with Gasteiger partial charge in [0.15, 0.2) is 0 Å². The van der Waals surface area contributed by atoms with Crippen LogP contribution in [0.1, 0.15) is 46.4 Å². The van der Waals surface area contributed by atoms with E-state index < -0.39 is 12.2 Å². The summed E-state index contributed by atoms with van der Waals surface area (Å²) in [5.74, 6) is 1.45. The van der Waals surface area contributed by atoms with Gasteiger partial charge in [0.25, 0.3) is 0 Å². The monoisotopic (exact) mass is 420 g/mol. The highest BCUT2D eigenvalue weighted by Gasteiger charge is 2.47. The summed E-state index contributed by atoms with van der Waals surface area (Å²) in [6.07, 6.45) is 2.82. The minimum atomic E-state index is -0.430. The van der Waals surface area contributed by atoms with Crippen molar-refractivity contribution in [3.8, 4) is 0 Å². The van der Waals surface area contributed by atoms with Gasteiger partial charge in [-0.2, -0.15) is 0 Å². The van der Waals surface area contributed by atoms with Gasteiger partial charge in [0.2, 0.25) is 0 Å². The molecule has 5 heteroatoms. The summed E-state index contributed by atoms with van der Waals surface area (Å²) in [5, 5.41) is 0. The highest BCUT2D eigenvalue weighted by atomic mass is 16.6. The molecule has 0 spiro atoms. The summed E-state index contributed by atoms with van der Waals surface area (Å²) >= 11 is 0. The second-order valence-electron chi connectivity index (χ2n) is 9.14. The maximum Gasteiger partial charge on any atom is 0.338 e. The van der Waals surface area contributed by atoms with E-state index in [-0.39, 0.29) is 11.9 Å². The second kappa shape index (κ2) is 8.83. The fraction of sp³-hybridized carbons (Fsp3) is 0.462. The number of esters is 2. The maximum absolute atomic E-state index is 12.8. The fourth-order valence-corrected chi connectivity index (χ4v) is 5.61. The zero-order chi connectivity index (χ0) is 21.2. The molecule has 31 heavy (non-hydrogen) atoms. The number of rotatable bonds is 4. The van der Waals surface area contributed by atoms with Gasteiger partial charge < -0.3 is 14.2 Å². The Morgan fingerprint density at radius 1 is 0.613 bits per heavy atom. The standard InChI is InChI=1S/C26H28O5/c27-25(17-7-3-1-4-8-17)30-23-13-19-11-21-15-29-16-22(21)12-20(19)14-24(23)31-26(28)18-9-5-2-6-10-18/h1-10,19-24H,11-16H2. The smallest absolute Gasteiger partial charge is 0.338 e. The Hall–Kier alpha value is -2.66. The van der Waals surface area contributed by atoms with Crippen LogP contribution in [0.5, 0.6) is 0 Å². The highest BCUT2D eigenvalue weighted by Crippen LogP contribution is 2.48. The lowest BCUT2D eigenvalue weighted by molar-refractivity contribution is -0.0871. The summed E-state index contributed by atoms with van der Waals surface area (Å²) in [7, 11) is 0. The third kappa shape index (κ3) is 4.38. The third-order valence-corrected chi connectivity index (χ3v) is 7.23. The molecular formula is C26H28O5. The van der Waals surface area contributed by atoms with E-state index in [2.05, 4.69) is 0 Å². The molecule has 0 amide bonds. The predicted octanol–water partition coefficient (Wildman–Crippen LogP) is 4.52. The zero-order valence-electron chi connectivity index (χ0n) is 17.5. The van der Waals surface area contributed by atoms with Crippen LogP contribution < -0.4 is 0 Å². The summed E-state index contributed by atoms with van der Waals surface area (Å²) in [6, 6.07) is 18.0. The summed E-state index contributed by atoms with van der Waals surface area (Å²) in [4.78, 5) is 25.5. The van der Waals surface area contributed by atoms with E-state index >= 15 is 0 Å². The van der Waals surface area contributed by atoms with E-state index in [4.69, 9.17) is 14.2 Å². The fourth-order valence-electron chi connectivity index (χ4n) is 5.61. The lowest BCUT2D eigenvalue weighted by Crippen LogP contribution is -2.47. The van der Waals surface area contributed by atoms with Gasteiger partial charge in [0.1, 0.15) is 12.2 Å². The van der Waals surface area contributed by atoms with Crippen molar-refractivity contribution in [2.45, 2.75) is 37.9 Å². The van der Waals surface area contributed by atoms with Gasteiger partial charge in [-0.15, -0.1) is 0 Å². The molecule has 3 aliphatic rings. The number of fused-ring (bicyclic) bond motifs is 2. The molecule has 2 aromatic rings. The van der Waals surface area contributed by atoms with Gasteiger partial charge >= 0.3 is 11.9 Å². The normalized spacial score (nSPS) is 31.9. The van der Waals surface area contributed by atoms with Crippen molar-refractivity contribution in [1.29, 1.82) is 0 Å². The first-order valence-corrected chi connectivity index (χ1v) is 11.3. The lowest BCUT2D eigenvalue weighted by atomic mass is 9.63. The number of hydrogen-bond acceptors (Lipinski definition) is 5. The summed E-state index contributed by atoms with van der Waals surface area (Å²) in [5.41, 5.74) is 1.04. The van der Waals surface area contributed by atoms with Crippen molar-refractivity contribution in [3.05, 3.63) is 71.8 Å². The first-order chi connectivity index (χ1) is 15.2. The van der Waals surface area contributed by atoms with E-state index in [1.165, 1.54) is 0 Å². The summed E-state index contributed by atoms with van der Waals surface area (Å²) < 4.78 is 17.6. The minimum absolute atomic E-state index is 0.359. The molecule has 6 unspecified atom stereocenters. The third-order valence-electron chi connectivity index (χ3n) is 7.23. The largest absolute Gasteiger partial charge is 0.455 e. The van der Waals surface area contributed by atoms with E-state index in [1.807, 2.05) is 36.4 Å². The van der Waals surface area contributed by atoms with E-state index in [1.54, 1.807) is 24.3 Å². The van der Waals surface area contributed by atoms with E-state index in [0.29, 0.717) is 34.8 Å². The number of hydrogen-bond donors (Lipinski definition) is 0. The molecule has 0 aromatic heterocycles. The molecular weight excluding hydrogens is 392 g/mol. The zero-order valence-corrected chi connectivity index (χ0v) is 17.5. The second-order valence-corrected chi connectivity index (χ2v) is 9.14. The molecule has 0 N–H and O–H groups in total. The van der Waals surface area contributed by atoms with Crippen molar-refractivity contribution in [3.63, 3.8) is 0 Å². The number of ether oxygens (including phenoxy) is 3.